The minimum absolute atomic E-state index is 0.0804. The van der Waals surface area contributed by atoms with Crippen LogP contribution in [0.25, 0.3) is 0 Å². The van der Waals surface area contributed by atoms with E-state index < -0.39 is 0 Å². The topological polar surface area (TPSA) is 87.1 Å². The lowest BCUT2D eigenvalue weighted by atomic mass is 9.77. The molecule has 21 heavy (non-hydrogen) atoms. The molecule has 2 rings (SSSR count). The largest absolute Gasteiger partial charge is 0.394 e. The number of aliphatic hydroxyl groups excluding tert-OH is 1. The van der Waals surface area contributed by atoms with E-state index in [0.29, 0.717) is 24.0 Å². The molecule has 1 fully saturated rings. The number of nitrogens with zero attached hydrogens (tertiary/aromatic N) is 2. The first-order valence-electron chi connectivity index (χ1n) is 7.59. The number of carbonyl (C=O) groups is 1. The van der Waals surface area contributed by atoms with E-state index in [-0.39, 0.29) is 18.1 Å². The van der Waals surface area contributed by atoms with Gasteiger partial charge in [0.2, 0.25) is 0 Å². The molecule has 1 saturated carbocycles. The number of amides is 1. The Kier molecular flexibility index (Phi) is 5.12. The second kappa shape index (κ2) is 6.85. The molecule has 1 aromatic rings. The zero-order chi connectivity index (χ0) is 15.3. The van der Waals surface area contributed by atoms with Gasteiger partial charge in [-0.1, -0.05) is 19.8 Å². The smallest absolute Gasteiger partial charge is 0.271 e. The molecule has 6 heteroatoms. The Bertz CT molecular complexity index is 477. The van der Waals surface area contributed by atoms with Gasteiger partial charge in [-0.3, -0.25) is 4.79 Å². The number of carbonyl (C=O) groups excluding carboxylic acids is 1. The fourth-order valence-corrected chi connectivity index (χ4v) is 3.00. The van der Waals surface area contributed by atoms with Gasteiger partial charge in [-0.25, -0.2) is 0 Å². The molecule has 6 nitrogen and oxygen atoms in total. The van der Waals surface area contributed by atoms with Gasteiger partial charge in [-0.05, 0) is 37.8 Å². The molecule has 116 valence electrons. The van der Waals surface area contributed by atoms with Crippen LogP contribution in [0.5, 0.6) is 0 Å². The average Bonchev–Trinajstić information content (AvgIpc) is 2.48. The molecule has 1 aromatic heterocycles. The molecule has 0 spiro atoms. The minimum Gasteiger partial charge on any atom is -0.394 e. The van der Waals surface area contributed by atoms with Gasteiger partial charge < -0.3 is 15.7 Å². The molecule has 0 aliphatic heterocycles. The SMILES string of the molecule is CCNC(=O)c1ccc(NC2(CO)CCCC(C)C2)nn1. The monoisotopic (exact) mass is 292 g/mol. The Morgan fingerprint density at radius 2 is 2.29 bits per heavy atom. The Hall–Kier alpha value is -1.69. The van der Waals surface area contributed by atoms with E-state index in [1.54, 1.807) is 12.1 Å². The third-order valence-corrected chi connectivity index (χ3v) is 4.02. The zero-order valence-corrected chi connectivity index (χ0v) is 12.7. The summed E-state index contributed by atoms with van der Waals surface area (Å²) < 4.78 is 0. The Balaban J connectivity index is 2.06. The van der Waals surface area contributed by atoms with Crippen LogP contribution in [0, 0.1) is 5.92 Å². The van der Waals surface area contributed by atoms with Crippen molar-refractivity contribution < 1.29 is 9.90 Å². The van der Waals surface area contributed by atoms with E-state index in [0.717, 1.165) is 19.3 Å². The number of aromatic nitrogens is 2. The van der Waals surface area contributed by atoms with E-state index in [2.05, 4.69) is 27.8 Å². The molecule has 2 unspecified atom stereocenters. The van der Waals surface area contributed by atoms with Crippen LogP contribution >= 0.6 is 0 Å². The summed E-state index contributed by atoms with van der Waals surface area (Å²) in [6.45, 7) is 4.70. The van der Waals surface area contributed by atoms with Gasteiger partial charge in [0.25, 0.3) is 5.91 Å². The summed E-state index contributed by atoms with van der Waals surface area (Å²) in [5.74, 6) is 0.965. The van der Waals surface area contributed by atoms with Gasteiger partial charge in [-0.15, -0.1) is 10.2 Å². The van der Waals surface area contributed by atoms with E-state index >= 15 is 0 Å². The van der Waals surface area contributed by atoms with Crippen molar-refractivity contribution in [1.82, 2.24) is 15.5 Å². The molecular formula is C15H24N4O2. The van der Waals surface area contributed by atoms with Crippen LogP contribution < -0.4 is 10.6 Å². The Labute approximate surface area is 125 Å². The standard InChI is InChI=1S/C15H24N4O2/c1-3-16-14(21)12-6-7-13(19-18-12)17-15(10-20)8-4-5-11(2)9-15/h6-7,11,20H,3-5,8-10H2,1-2H3,(H,16,21)(H,17,19). The third kappa shape index (κ3) is 3.91. The normalized spacial score (nSPS) is 25.4. The van der Waals surface area contributed by atoms with Crippen molar-refractivity contribution >= 4 is 11.7 Å². The van der Waals surface area contributed by atoms with E-state index in [9.17, 15) is 9.90 Å². The maximum absolute atomic E-state index is 11.6. The van der Waals surface area contributed by atoms with Crippen LogP contribution in [0.1, 0.15) is 50.0 Å². The van der Waals surface area contributed by atoms with E-state index in [1.807, 2.05) is 6.92 Å². The maximum Gasteiger partial charge on any atom is 0.271 e. The van der Waals surface area contributed by atoms with Crippen molar-refractivity contribution in [1.29, 1.82) is 0 Å². The maximum atomic E-state index is 11.6. The summed E-state index contributed by atoms with van der Waals surface area (Å²) in [6.07, 6.45) is 4.14. The molecular weight excluding hydrogens is 268 g/mol. The fourth-order valence-electron chi connectivity index (χ4n) is 3.00. The van der Waals surface area contributed by atoms with E-state index in [4.69, 9.17) is 0 Å². The molecule has 0 saturated heterocycles. The van der Waals surface area contributed by atoms with Crippen molar-refractivity contribution in [3.63, 3.8) is 0 Å². The Morgan fingerprint density at radius 1 is 1.48 bits per heavy atom. The molecule has 0 radical (unpaired) electrons. The summed E-state index contributed by atoms with van der Waals surface area (Å²) in [4.78, 5) is 11.6. The number of hydrogen-bond acceptors (Lipinski definition) is 5. The quantitative estimate of drug-likeness (QED) is 0.767. The number of rotatable bonds is 5. The van der Waals surface area contributed by atoms with Gasteiger partial charge in [0.1, 0.15) is 5.82 Å². The predicted octanol–water partition coefficient (Wildman–Crippen LogP) is 1.58. The van der Waals surface area contributed by atoms with E-state index in [1.165, 1.54) is 6.42 Å². The number of hydrogen-bond donors (Lipinski definition) is 3. The molecule has 1 aliphatic rings. The summed E-state index contributed by atoms with van der Waals surface area (Å²) in [7, 11) is 0. The molecule has 2 atom stereocenters. The first kappa shape index (κ1) is 15.7. The summed E-state index contributed by atoms with van der Waals surface area (Å²) >= 11 is 0. The Morgan fingerprint density at radius 3 is 2.86 bits per heavy atom. The second-order valence-corrected chi connectivity index (χ2v) is 5.93. The first-order chi connectivity index (χ1) is 10.1. The lowest BCUT2D eigenvalue weighted by molar-refractivity contribution is 0.0950. The highest BCUT2D eigenvalue weighted by Crippen LogP contribution is 2.34. The van der Waals surface area contributed by atoms with Crippen molar-refractivity contribution in [3.05, 3.63) is 17.8 Å². The van der Waals surface area contributed by atoms with Gasteiger partial charge >= 0.3 is 0 Å². The van der Waals surface area contributed by atoms with Gasteiger partial charge in [0.15, 0.2) is 5.69 Å². The van der Waals surface area contributed by atoms with Gasteiger partial charge in [0.05, 0.1) is 12.1 Å². The van der Waals surface area contributed by atoms with Crippen LogP contribution in [0.2, 0.25) is 0 Å². The summed E-state index contributed by atoms with van der Waals surface area (Å²) in [5.41, 5.74) is -0.0167. The summed E-state index contributed by atoms with van der Waals surface area (Å²) in [6, 6.07) is 3.39. The molecule has 0 bridgehead atoms. The first-order valence-corrected chi connectivity index (χ1v) is 7.59. The molecule has 1 amide bonds. The second-order valence-electron chi connectivity index (χ2n) is 5.93. The summed E-state index contributed by atoms with van der Waals surface area (Å²) in [5, 5.41) is 23.8. The minimum atomic E-state index is -0.320. The van der Waals surface area contributed by atoms with Crippen LogP contribution in [0.15, 0.2) is 12.1 Å². The van der Waals surface area contributed by atoms with Crippen LogP contribution in [-0.2, 0) is 0 Å². The number of nitrogens with one attached hydrogen (secondary N) is 2. The highest BCUT2D eigenvalue weighted by molar-refractivity contribution is 5.92. The predicted molar refractivity (Wildman–Crippen MR) is 81.1 cm³/mol. The average molecular weight is 292 g/mol. The van der Waals surface area contributed by atoms with Crippen LogP contribution in [0.3, 0.4) is 0 Å². The molecule has 0 aromatic carbocycles. The molecule has 3 N–H and O–H groups in total. The molecule has 1 heterocycles. The van der Waals surface area contributed by atoms with Crippen molar-refractivity contribution in [2.24, 2.45) is 5.92 Å². The number of aliphatic hydroxyl groups is 1. The van der Waals surface area contributed by atoms with Gasteiger partial charge in [0, 0.05) is 6.54 Å². The highest BCUT2D eigenvalue weighted by atomic mass is 16.3. The lowest BCUT2D eigenvalue weighted by Gasteiger charge is -2.39. The zero-order valence-electron chi connectivity index (χ0n) is 12.7. The van der Waals surface area contributed by atoms with Gasteiger partial charge in [-0.2, -0.15) is 0 Å². The highest BCUT2D eigenvalue weighted by Gasteiger charge is 2.34. The third-order valence-electron chi connectivity index (χ3n) is 4.02. The number of anilines is 1. The van der Waals surface area contributed by atoms with Crippen molar-refractivity contribution in [2.75, 3.05) is 18.5 Å². The van der Waals surface area contributed by atoms with Crippen LogP contribution in [0.4, 0.5) is 5.82 Å². The fraction of sp³-hybridized carbons (Fsp3) is 0.667. The van der Waals surface area contributed by atoms with Crippen molar-refractivity contribution in [3.8, 4) is 0 Å². The van der Waals surface area contributed by atoms with Crippen molar-refractivity contribution in [2.45, 2.75) is 45.1 Å². The lowest BCUT2D eigenvalue weighted by Crippen LogP contribution is -2.46. The van der Waals surface area contributed by atoms with Crippen LogP contribution in [-0.4, -0.2) is 39.9 Å². The molecule has 1 aliphatic carbocycles.